The van der Waals surface area contributed by atoms with Crippen molar-refractivity contribution >= 4 is 40.3 Å². The van der Waals surface area contributed by atoms with Gasteiger partial charge < -0.3 is 14.6 Å². The molecule has 1 aromatic heterocycles. The lowest BCUT2D eigenvalue weighted by Gasteiger charge is -2.16. The Bertz CT molecular complexity index is 742. The number of hydrogen-bond acceptors (Lipinski definition) is 4. The molecular formula is C19H26ClN3O2S. The zero-order valence-corrected chi connectivity index (χ0v) is 16.7. The van der Waals surface area contributed by atoms with Crippen LogP contribution in [-0.4, -0.2) is 41.0 Å². The minimum Gasteiger partial charge on any atom is -0.383 e. The lowest BCUT2D eigenvalue weighted by Crippen LogP contribution is -2.35. The van der Waals surface area contributed by atoms with Gasteiger partial charge in [-0.15, -0.1) is 0 Å². The second-order valence-electron chi connectivity index (χ2n) is 6.72. The Morgan fingerprint density at radius 3 is 2.85 bits per heavy atom. The molecule has 142 valence electrons. The Hall–Kier alpha value is -1.24. The number of nitrogens with one attached hydrogen (secondary N) is 1. The number of carbonyl (C=O) groups is 1. The van der Waals surface area contributed by atoms with Crippen LogP contribution < -0.4 is 5.32 Å². The van der Waals surface area contributed by atoms with E-state index >= 15 is 0 Å². The maximum atomic E-state index is 12.4. The van der Waals surface area contributed by atoms with Gasteiger partial charge in [-0.25, -0.2) is 4.98 Å². The summed E-state index contributed by atoms with van der Waals surface area (Å²) in [6.07, 6.45) is 7.19. The van der Waals surface area contributed by atoms with Crippen molar-refractivity contribution < 1.29 is 9.53 Å². The van der Waals surface area contributed by atoms with Crippen LogP contribution in [0.25, 0.3) is 11.0 Å². The lowest BCUT2D eigenvalue weighted by molar-refractivity contribution is -0.119. The van der Waals surface area contributed by atoms with E-state index < -0.39 is 0 Å². The highest BCUT2D eigenvalue weighted by Gasteiger charge is 2.17. The van der Waals surface area contributed by atoms with E-state index in [1.807, 2.05) is 18.2 Å². The summed E-state index contributed by atoms with van der Waals surface area (Å²) in [6.45, 7) is 1.29. The first kappa shape index (κ1) is 19.5. The quantitative estimate of drug-likeness (QED) is 0.562. The van der Waals surface area contributed by atoms with E-state index in [9.17, 15) is 4.79 Å². The van der Waals surface area contributed by atoms with Crippen molar-refractivity contribution in [1.82, 2.24) is 14.9 Å². The second kappa shape index (κ2) is 9.62. The Morgan fingerprint density at radius 2 is 2.12 bits per heavy atom. The number of aromatic nitrogens is 2. The molecule has 0 spiro atoms. The van der Waals surface area contributed by atoms with Crippen molar-refractivity contribution in [2.45, 2.75) is 56.3 Å². The van der Waals surface area contributed by atoms with Crippen LogP contribution in [0.3, 0.4) is 0 Å². The van der Waals surface area contributed by atoms with Crippen LogP contribution in [0.1, 0.15) is 38.5 Å². The molecule has 1 fully saturated rings. The highest BCUT2D eigenvalue weighted by atomic mass is 35.5. The second-order valence-corrected chi connectivity index (χ2v) is 8.10. The predicted octanol–water partition coefficient (Wildman–Crippen LogP) is 4.27. The summed E-state index contributed by atoms with van der Waals surface area (Å²) in [7, 11) is 1.68. The Kier molecular flexibility index (Phi) is 7.23. The van der Waals surface area contributed by atoms with Crippen LogP contribution in [0.15, 0.2) is 23.4 Å². The van der Waals surface area contributed by atoms with Gasteiger partial charge in [-0.2, -0.15) is 0 Å². The maximum Gasteiger partial charge on any atom is 0.230 e. The first-order valence-electron chi connectivity index (χ1n) is 9.24. The van der Waals surface area contributed by atoms with E-state index in [1.54, 1.807) is 7.11 Å². The van der Waals surface area contributed by atoms with Crippen molar-refractivity contribution in [2.24, 2.45) is 0 Å². The number of methoxy groups -OCH3 is 1. The van der Waals surface area contributed by atoms with E-state index in [2.05, 4.69) is 14.9 Å². The van der Waals surface area contributed by atoms with Crippen molar-refractivity contribution in [3.8, 4) is 0 Å². The summed E-state index contributed by atoms with van der Waals surface area (Å²) in [5, 5.41) is 4.68. The highest BCUT2D eigenvalue weighted by Crippen LogP contribution is 2.26. The molecule has 1 aliphatic carbocycles. The minimum atomic E-state index is 0.0882. The number of ether oxygens (including phenoxy) is 1. The molecule has 0 aliphatic heterocycles. The highest BCUT2D eigenvalue weighted by molar-refractivity contribution is 7.99. The van der Waals surface area contributed by atoms with Gasteiger partial charge in [0.2, 0.25) is 5.91 Å². The number of halogens is 1. The summed E-state index contributed by atoms with van der Waals surface area (Å²) >= 11 is 7.56. The molecule has 1 aromatic carbocycles. The molecule has 0 bridgehead atoms. The van der Waals surface area contributed by atoms with Crippen molar-refractivity contribution in [3.05, 3.63) is 23.2 Å². The number of fused-ring (bicyclic) bond motifs is 1. The summed E-state index contributed by atoms with van der Waals surface area (Å²) in [5.74, 6) is 0.464. The van der Waals surface area contributed by atoms with E-state index in [-0.39, 0.29) is 5.91 Å². The van der Waals surface area contributed by atoms with Crippen LogP contribution in [-0.2, 0) is 16.1 Å². The average molecular weight is 396 g/mol. The molecule has 1 amide bonds. The first-order chi connectivity index (χ1) is 12.7. The van der Waals surface area contributed by atoms with Crippen molar-refractivity contribution in [2.75, 3.05) is 19.5 Å². The molecule has 5 nitrogen and oxygen atoms in total. The van der Waals surface area contributed by atoms with Gasteiger partial charge in [0.25, 0.3) is 0 Å². The van der Waals surface area contributed by atoms with Gasteiger partial charge in [0.05, 0.1) is 23.4 Å². The maximum absolute atomic E-state index is 12.4. The van der Waals surface area contributed by atoms with Crippen molar-refractivity contribution in [1.29, 1.82) is 0 Å². The number of carbonyl (C=O) groups excluding carboxylic acids is 1. The molecule has 0 unspecified atom stereocenters. The third-order valence-corrected chi connectivity index (χ3v) is 5.96. The average Bonchev–Trinajstić information content (AvgIpc) is 2.78. The number of thioether (sulfide) groups is 1. The number of benzene rings is 1. The van der Waals surface area contributed by atoms with E-state index in [0.29, 0.717) is 30.0 Å². The third-order valence-electron chi connectivity index (χ3n) is 4.75. The fraction of sp³-hybridized carbons (Fsp3) is 0.579. The van der Waals surface area contributed by atoms with Gasteiger partial charge >= 0.3 is 0 Å². The largest absolute Gasteiger partial charge is 0.383 e. The van der Waals surface area contributed by atoms with E-state index in [1.165, 1.54) is 37.4 Å². The first-order valence-corrected chi connectivity index (χ1v) is 10.6. The van der Waals surface area contributed by atoms with E-state index in [4.69, 9.17) is 16.3 Å². The smallest absolute Gasteiger partial charge is 0.230 e. The fourth-order valence-corrected chi connectivity index (χ4v) is 4.43. The minimum absolute atomic E-state index is 0.0882. The molecule has 1 aliphatic rings. The summed E-state index contributed by atoms with van der Waals surface area (Å²) in [6, 6.07) is 6.02. The molecular weight excluding hydrogens is 370 g/mol. The van der Waals surface area contributed by atoms with Crippen LogP contribution in [0.5, 0.6) is 0 Å². The van der Waals surface area contributed by atoms with Gasteiger partial charge in [0.15, 0.2) is 5.16 Å². The number of nitrogens with zero attached hydrogens (tertiary/aromatic N) is 2. The monoisotopic (exact) mass is 395 g/mol. The molecule has 1 N–H and O–H groups in total. The Morgan fingerprint density at radius 1 is 1.35 bits per heavy atom. The summed E-state index contributed by atoms with van der Waals surface area (Å²) in [5.41, 5.74) is 1.86. The van der Waals surface area contributed by atoms with Gasteiger partial charge in [-0.05, 0) is 31.0 Å². The number of rotatable bonds is 7. The third kappa shape index (κ3) is 5.15. The summed E-state index contributed by atoms with van der Waals surface area (Å²) in [4.78, 5) is 17.0. The fourth-order valence-electron chi connectivity index (χ4n) is 3.41. The van der Waals surface area contributed by atoms with E-state index in [0.717, 1.165) is 29.0 Å². The van der Waals surface area contributed by atoms with Crippen molar-refractivity contribution in [3.63, 3.8) is 0 Å². The van der Waals surface area contributed by atoms with Crippen LogP contribution in [0, 0.1) is 0 Å². The van der Waals surface area contributed by atoms with Crippen LogP contribution in [0.4, 0.5) is 0 Å². The number of hydrogen-bond donors (Lipinski definition) is 1. The molecule has 3 rings (SSSR count). The van der Waals surface area contributed by atoms with Gasteiger partial charge in [-0.3, -0.25) is 4.79 Å². The Balaban J connectivity index is 1.66. The zero-order chi connectivity index (χ0) is 18.4. The van der Waals surface area contributed by atoms with Gasteiger partial charge in [0.1, 0.15) is 0 Å². The molecule has 7 heteroatoms. The molecule has 1 heterocycles. The molecule has 2 aromatic rings. The van der Waals surface area contributed by atoms with Gasteiger partial charge in [-0.1, -0.05) is 49.0 Å². The van der Waals surface area contributed by atoms with Crippen LogP contribution in [0.2, 0.25) is 5.02 Å². The molecule has 0 saturated heterocycles. The Labute approximate surface area is 163 Å². The molecule has 0 atom stereocenters. The summed E-state index contributed by atoms with van der Waals surface area (Å²) < 4.78 is 7.31. The zero-order valence-electron chi connectivity index (χ0n) is 15.2. The normalized spacial score (nSPS) is 15.9. The SMILES string of the molecule is COCCn1c(SCC(=O)NC2CCCCCC2)nc2cc(Cl)ccc21. The molecule has 0 radical (unpaired) electrons. The van der Waals surface area contributed by atoms with Gasteiger partial charge in [0, 0.05) is 24.7 Å². The lowest BCUT2D eigenvalue weighted by atomic mass is 10.1. The predicted molar refractivity (Wildman–Crippen MR) is 107 cm³/mol. The number of imidazole rings is 1. The number of amides is 1. The molecule has 26 heavy (non-hydrogen) atoms. The molecule has 1 saturated carbocycles. The standard InChI is InChI=1S/C19H26ClN3O2S/c1-25-11-10-23-17-9-8-14(20)12-16(17)22-19(23)26-13-18(24)21-15-6-4-2-3-5-7-15/h8-9,12,15H,2-7,10-11,13H2,1H3,(H,21,24). The topological polar surface area (TPSA) is 56.1 Å². The van der Waals surface area contributed by atoms with Crippen LogP contribution >= 0.6 is 23.4 Å².